The molecule has 0 aliphatic rings. The van der Waals surface area contributed by atoms with Gasteiger partial charge in [-0.1, -0.05) is 6.92 Å². The Kier molecular flexibility index (Phi) is 5.30. The van der Waals surface area contributed by atoms with Crippen LogP contribution in [0.4, 0.5) is 11.6 Å². The first-order valence-corrected chi connectivity index (χ1v) is 10.5. The summed E-state index contributed by atoms with van der Waals surface area (Å²) in [5.74, 6) is 0.863. The summed E-state index contributed by atoms with van der Waals surface area (Å²) >= 11 is 0. The lowest BCUT2D eigenvalue weighted by atomic mass is 10.0. The lowest BCUT2D eigenvalue weighted by molar-refractivity contribution is -0.384. The summed E-state index contributed by atoms with van der Waals surface area (Å²) in [6.07, 6.45) is 5.65. The molecule has 0 saturated heterocycles. The van der Waals surface area contributed by atoms with Gasteiger partial charge >= 0.3 is 6.01 Å². The quantitative estimate of drug-likeness (QED) is 0.289. The molecule has 0 aliphatic heterocycles. The van der Waals surface area contributed by atoms with Gasteiger partial charge in [-0.25, -0.2) is 19.9 Å². The average Bonchev–Trinajstić information content (AvgIpc) is 3.27. The molecule has 168 valence electrons. The van der Waals surface area contributed by atoms with Crippen LogP contribution in [-0.2, 0) is 6.42 Å². The number of hydrogen-bond donors (Lipinski definition) is 1. The van der Waals surface area contributed by atoms with E-state index in [2.05, 4.69) is 15.0 Å². The van der Waals surface area contributed by atoms with E-state index in [1.54, 1.807) is 48.9 Å². The van der Waals surface area contributed by atoms with E-state index in [9.17, 15) is 10.1 Å². The Balaban J connectivity index is 1.65. The summed E-state index contributed by atoms with van der Waals surface area (Å²) in [5.41, 5.74) is 10.8. The van der Waals surface area contributed by atoms with Gasteiger partial charge in [-0.15, -0.1) is 0 Å². The molecule has 2 aromatic carbocycles. The number of ether oxygens (including phenoxy) is 1. The molecule has 0 aliphatic carbocycles. The van der Waals surface area contributed by atoms with Crippen molar-refractivity contribution in [1.82, 2.24) is 24.3 Å². The van der Waals surface area contributed by atoms with Gasteiger partial charge in [0.15, 0.2) is 0 Å². The number of nitrogen functional groups attached to an aromatic ring is 1. The fraction of sp³-hybridized carbons (Fsp3) is 0.0833. The number of nitro groups is 1. The van der Waals surface area contributed by atoms with E-state index in [1.165, 1.54) is 12.1 Å². The minimum atomic E-state index is -0.430. The average molecular weight is 453 g/mol. The van der Waals surface area contributed by atoms with Crippen LogP contribution in [-0.4, -0.2) is 29.3 Å². The first-order valence-electron chi connectivity index (χ1n) is 10.5. The first kappa shape index (κ1) is 21.0. The Morgan fingerprint density at radius 1 is 1.00 bits per heavy atom. The van der Waals surface area contributed by atoms with Gasteiger partial charge in [-0.05, 0) is 48.9 Å². The zero-order valence-electron chi connectivity index (χ0n) is 18.1. The Labute approximate surface area is 193 Å². The molecule has 10 nitrogen and oxygen atoms in total. The van der Waals surface area contributed by atoms with Crippen LogP contribution in [0.25, 0.3) is 28.2 Å². The number of aryl methyl sites for hydroxylation is 1. The number of nitrogens with two attached hydrogens (primary N) is 1. The molecule has 0 radical (unpaired) electrons. The third-order valence-electron chi connectivity index (χ3n) is 5.36. The smallest absolute Gasteiger partial charge is 0.321 e. The Morgan fingerprint density at radius 2 is 1.68 bits per heavy atom. The standard InChI is InChI=1S/C24H19N7O3/c1-2-15-14-28-23(25)30-21(17-6-10-19(11-7-17)34-24-26-12-3-13-27-24)20(29-22(15)30)16-4-8-18(9-5-16)31(32)33/h3-14H,2H2,1H3,(H2,25,28). The van der Waals surface area contributed by atoms with Gasteiger partial charge in [0.25, 0.3) is 5.69 Å². The largest absolute Gasteiger partial charge is 0.424 e. The molecule has 0 fully saturated rings. The lowest BCUT2D eigenvalue weighted by Crippen LogP contribution is -2.04. The lowest BCUT2D eigenvalue weighted by Gasteiger charge is -2.10. The molecule has 0 spiro atoms. The molecule has 5 aromatic rings. The van der Waals surface area contributed by atoms with Crippen molar-refractivity contribution in [2.45, 2.75) is 13.3 Å². The molecule has 0 unspecified atom stereocenters. The second-order valence-electron chi connectivity index (χ2n) is 7.43. The van der Waals surface area contributed by atoms with Crippen molar-refractivity contribution in [3.05, 3.63) is 88.9 Å². The maximum Gasteiger partial charge on any atom is 0.321 e. The molecule has 0 atom stereocenters. The van der Waals surface area contributed by atoms with Crippen LogP contribution in [0.1, 0.15) is 12.5 Å². The highest BCUT2D eigenvalue weighted by molar-refractivity contribution is 5.84. The predicted molar refractivity (Wildman–Crippen MR) is 126 cm³/mol. The maximum atomic E-state index is 11.1. The summed E-state index contributed by atoms with van der Waals surface area (Å²) in [4.78, 5) is 28.1. The Bertz CT molecular complexity index is 1480. The number of fused-ring (bicyclic) bond motifs is 1. The highest BCUT2D eigenvalue weighted by Crippen LogP contribution is 2.36. The van der Waals surface area contributed by atoms with E-state index < -0.39 is 4.92 Å². The van der Waals surface area contributed by atoms with Crippen LogP contribution < -0.4 is 10.5 Å². The number of aromatic nitrogens is 5. The molecule has 0 bridgehead atoms. The summed E-state index contributed by atoms with van der Waals surface area (Å²) in [5, 5.41) is 11.1. The summed E-state index contributed by atoms with van der Waals surface area (Å²) in [6, 6.07) is 15.6. The van der Waals surface area contributed by atoms with Crippen molar-refractivity contribution in [1.29, 1.82) is 0 Å². The number of anilines is 1. The second kappa shape index (κ2) is 8.58. The number of imidazole rings is 1. The van der Waals surface area contributed by atoms with Crippen molar-refractivity contribution in [2.75, 3.05) is 5.73 Å². The zero-order valence-corrected chi connectivity index (χ0v) is 18.1. The summed E-state index contributed by atoms with van der Waals surface area (Å²) < 4.78 is 7.51. The van der Waals surface area contributed by atoms with Crippen LogP contribution >= 0.6 is 0 Å². The molecule has 10 heteroatoms. The van der Waals surface area contributed by atoms with Crippen molar-refractivity contribution in [2.24, 2.45) is 0 Å². The van der Waals surface area contributed by atoms with Gasteiger partial charge < -0.3 is 10.5 Å². The fourth-order valence-corrected chi connectivity index (χ4v) is 3.70. The van der Waals surface area contributed by atoms with Crippen LogP contribution in [0.5, 0.6) is 11.8 Å². The number of nitrogens with zero attached hydrogens (tertiary/aromatic N) is 6. The fourth-order valence-electron chi connectivity index (χ4n) is 3.70. The normalized spacial score (nSPS) is 11.0. The molecule has 3 heterocycles. The first-order chi connectivity index (χ1) is 16.5. The van der Waals surface area contributed by atoms with Crippen molar-refractivity contribution < 1.29 is 9.66 Å². The van der Waals surface area contributed by atoms with Gasteiger partial charge in [0.05, 0.1) is 16.3 Å². The predicted octanol–water partition coefficient (Wildman–Crippen LogP) is 4.70. The van der Waals surface area contributed by atoms with Crippen molar-refractivity contribution >= 4 is 17.3 Å². The SMILES string of the molecule is CCc1cnc(N)n2c(-c3ccc(Oc4ncccn4)cc3)c(-c3ccc([N+](=O)[O-])cc3)nc12. The minimum absolute atomic E-state index is 0.00845. The number of hydrogen-bond acceptors (Lipinski definition) is 8. The van der Waals surface area contributed by atoms with E-state index in [-0.39, 0.29) is 11.7 Å². The van der Waals surface area contributed by atoms with Crippen molar-refractivity contribution in [3.8, 4) is 34.3 Å². The highest BCUT2D eigenvalue weighted by Gasteiger charge is 2.21. The number of nitro benzene ring substituents is 1. The van der Waals surface area contributed by atoms with Crippen LogP contribution in [0.3, 0.4) is 0 Å². The van der Waals surface area contributed by atoms with Crippen LogP contribution in [0, 0.1) is 10.1 Å². The highest BCUT2D eigenvalue weighted by atomic mass is 16.6. The molecule has 3 aromatic heterocycles. The van der Waals surface area contributed by atoms with Gasteiger partial charge in [0.1, 0.15) is 11.4 Å². The molecule has 34 heavy (non-hydrogen) atoms. The number of non-ortho nitro benzene ring substituents is 1. The van der Waals surface area contributed by atoms with Gasteiger partial charge in [-0.2, -0.15) is 0 Å². The molecule has 0 amide bonds. The Morgan fingerprint density at radius 3 is 2.32 bits per heavy atom. The Hall–Kier alpha value is -4.86. The third kappa shape index (κ3) is 3.77. The van der Waals surface area contributed by atoms with Crippen molar-refractivity contribution in [3.63, 3.8) is 0 Å². The zero-order chi connectivity index (χ0) is 23.7. The minimum Gasteiger partial charge on any atom is -0.424 e. The monoisotopic (exact) mass is 453 g/mol. The van der Waals surface area contributed by atoms with Gasteiger partial charge in [0.2, 0.25) is 5.95 Å². The molecule has 0 saturated carbocycles. The molecule has 5 rings (SSSR count). The van der Waals surface area contributed by atoms with Gasteiger partial charge in [-0.3, -0.25) is 14.5 Å². The molecule has 2 N–H and O–H groups in total. The second-order valence-corrected chi connectivity index (χ2v) is 7.43. The van der Waals surface area contributed by atoms with Gasteiger partial charge in [0, 0.05) is 47.4 Å². The summed E-state index contributed by atoms with van der Waals surface area (Å²) in [6.45, 7) is 2.02. The van der Waals surface area contributed by atoms with E-state index in [4.69, 9.17) is 15.5 Å². The molecular weight excluding hydrogens is 434 g/mol. The van der Waals surface area contributed by atoms with E-state index >= 15 is 0 Å². The number of rotatable bonds is 6. The van der Waals surface area contributed by atoms with Crippen LogP contribution in [0.2, 0.25) is 0 Å². The number of benzene rings is 2. The third-order valence-corrected chi connectivity index (χ3v) is 5.36. The van der Waals surface area contributed by atoms with Crippen LogP contribution in [0.15, 0.2) is 73.2 Å². The van der Waals surface area contributed by atoms with E-state index in [0.29, 0.717) is 23.0 Å². The summed E-state index contributed by atoms with van der Waals surface area (Å²) in [7, 11) is 0. The molecular formula is C24H19N7O3. The maximum absolute atomic E-state index is 11.1. The van der Waals surface area contributed by atoms with E-state index in [1.807, 2.05) is 23.5 Å². The topological polar surface area (TPSA) is 134 Å². The van der Waals surface area contributed by atoms with E-state index in [0.717, 1.165) is 28.8 Å².